The van der Waals surface area contributed by atoms with Crippen LogP contribution in [0, 0.1) is 0 Å². The van der Waals surface area contributed by atoms with Crippen molar-refractivity contribution >= 4 is 29.1 Å². The Morgan fingerprint density at radius 3 is 2.62 bits per heavy atom. The van der Waals surface area contributed by atoms with Gasteiger partial charge < -0.3 is 10.6 Å². The Kier molecular flexibility index (Phi) is 5.56. The van der Waals surface area contributed by atoms with Gasteiger partial charge in [0.1, 0.15) is 6.54 Å². The molecule has 1 aromatic carbocycles. The van der Waals surface area contributed by atoms with Crippen LogP contribution in [0.5, 0.6) is 0 Å². The molecule has 130 valence electrons. The highest BCUT2D eigenvalue weighted by molar-refractivity contribution is 6.11. The third-order valence-corrected chi connectivity index (χ3v) is 3.90. The minimum Gasteiger partial charge on any atom is -0.353 e. The molecule has 1 aliphatic heterocycles. The molecule has 2 rings (SSSR count). The number of hydrogen-bond donors (Lipinski definition) is 2. The van der Waals surface area contributed by atoms with Gasteiger partial charge in [0.15, 0.2) is 0 Å². The molecule has 24 heavy (non-hydrogen) atoms. The van der Waals surface area contributed by atoms with Crippen molar-refractivity contribution in [3.05, 3.63) is 24.3 Å². The topological polar surface area (TPSA) is 81.8 Å². The van der Waals surface area contributed by atoms with Crippen molar-refractivity contribution < 1.29 is 14.4 Å². The first-order valence-corrected chi connectivity index (χ1v) is 7.99. The van der Waals surface area contributed by atoms with Gasteiger partial charge in [0.05, 0.1) is 24.0 Å². The van der Waals surface area contributed by atoms with Crippen LogP contribution in [0.3, 0.4) is 0 Å². The predicted molar refractivity (Wildman–Crippen MR) is 92.8 cm³/mol. The fourth-order valence-electron chi connectivity index (χ4n) is 2.57. The number of para-hydroxylation sites is 2. The van der Waals surface area contributed by atoms with Gasteiger partial charge in [-0.2, -0.15) is 0 Å². The van der Waals surface area contributed by atoms with E-state index in [2.05, 4.69) is 10.6 Å². The quantitative estimate of drug-likeness (QED) is 0.836. The predicted octanol–water partition coefficient (Wildman–Crippen LogP) is 0.817. The minimum atomic E-state index is -0.526. The van der Waals surface area contributed by atoms with E-state index in [9.17, 15) is 14.4 Å². The maximum absolute atomic E-state index is 12.8. The number of carbonyl (C=O) groups is 3. The summed E-state index contributed by atoms with van der Waals surface area (Å²) in [5, 5.41) is 5.56. The largest absolute Gasteiger partial charge is 0.353 e. The molecule has 0 spiro atoms. The molecule has 1 atom stereocenters. The number of anilines is 2. The fraction of sp³-hybridized carbons (Fsp3) is 0.471. The van der Waals surface area contributed by atoms with E-state index in [1.165, 1.54) is 4.90 Å². The number of nitrogens with one attached hydrogen (secondary N) is 2. The van der Waals surface area contributed by atoms with Gasteiger partial charge in [-0.1, -0.05) is 12.1 Å². The molecule has 1 aliphatic rings. The summed E-state index contributed by atoms with van der Waals surface area (Å²) < 4.78 is 0. The number of amides is 3. The summed E-state index contributed by atoms with van der Waals surface area (Å²) in [4.78, 5) is 39.7. The lowest BCUT2D eigenvalue weighted by Gasteiger charge is -2.33. The monoisotopic (exact) mass is 332 g/mol. The first-order valence-electron chi connectivity index (χ1n) is 7.99. The van der Waals surface area contributed by atoms with Gasteiger partial charge in [-0.25, -0.2) is 0 Å². The number of carbonyl (C=O) groups excluding carboxylic acids is 3. The van der Waals surface area contributed by atoms with Gasteiger partial charge >= 0.3 is 0 Å². The second-order valence-corrected chi connectivity index (χ2v) is 6.30. The number of nitrogens with zero attached hydrogens (tertiary/aromatic N) is 2. The summed E-state index contributed by atoms with van der Waals surface area (Å²) in [6, 6.07) is 6.71. The Morgan fingerprint density at radius 2 is 1.96 bits per heavy atom. The summed E-state index contributed by atoms with van der Waals surface area (Å²) in [6.07, 6.45) is 0. The zero-order valence-electron chi connectivity index (χ0n) is 14.5. The zero-order chi connectivity index (χ0) is 17.9. The third kappa shape index (κ3) is 4.11. The van der Waals surface area contributed by atoms with E-state index < -0.39 is 6.04 Å². The highest BCUT2D eigenvalue weighted by Crippen LogP contribution is 2.29. The molecule has 7 heteroatoms. The first kappa shape index (κ1) is 17.9. The van der Waals surface area contributed by atoms with Crippen LogP contribution >= 0.6 is 0 Å². The van der Waals surface area contributed by atoms with Gasteiger partial charge in [0, 0.05) is 6.04 Å². The summed E-state index contributed by atoms with van der Waals surface area (Å²) in [7, 11) is 1.72. The SMILES string of the molecule is CC(C)NC(=O)CN(C)[C@@H](C)C(=O)N1CC(=O)Nc2ccccc21. The first-order chi connectivity index (χ1) is 11.3. The maximum Gasteiger partial charge on any atom is 0.244 e. The van der Waals surface area contributed by atoms with Crippen LogP contribution < -0.4 is 15.5 Å². The third-order valence-electron chi connectivity index (χ3n) is 3.90. The lowest BCUT2D eigenvalue weighted by Crippen LogP contribution is -2.52. The molecule has 0 saturated carbocycles. The van der Waals surface area contributed by atoms with Crippen molar-refractivity contribution in [3.63, 3.8) is 0 Å². The molecule has 0 aliphatic carbocycles. The second kappa shape index (κ2) is 7.44. The Balaban J connectivity index is 2.10. The fourth-order valence-corrected chi connectivity index (χ4v) is 2.57. The molecule has 0 unspecified atom stereocenters. The highest BCUT2D eigenvalue weighted by atomic mass is 16.2. The van der Waals surface area contributed by atoms with Crippen molar-refractivity contribution in [2.45, 2.75) is 32.9 Å². The molecule has 2 N–H and O–H groups in total. The van der Waals surface area contributed by atoms with E-state index >= 15 is 0 Å². The van der Waals surface area contributed by atoms with Crippen LogP contribution in [0.25, 0.3) is 0 Å². The van der Waals surface area contributed by atoms with E-state index in [1.54, 1.807) is 37.1 Å². The molecule has 1 aromatic rings. The van der Waals surface area contributed by atoms with Crippen molar-refractivity contribution in [3.8, 4) is 0 Å². The molecular weight excluding hydrogens is 308 g/mol. The molecular formula is C17H24N4O3. The van der Waals surface area contributed by atoms with E-state index in [-0.39, 0.29) is 36.9 Å². The highest BCUT2D eigenvalue weighted by Gasteiger charge is 2.31. The summed E-state index contributed by atoms with van der Waals surface area (Å²) in [6.45, 7) is 5.60. The Labute approximate surface area is 142 Å². The Morgan fingerprint density at radius 1 is 1.29 bits per heavy atom. The van der Waals surface area contributed by atoms with E-state index in [1.807, 2.05) is 19.9 Å². The number of benzene rings is 1. The second-order valence-electron chi connectivity index (χ2n) is 6.30. The van der Waals surface area contributed by atoms with Crippen LogP contribution in [0.2, 0.25) is 0 Å². The van der Waals surface area contributed by atoms with E-state index in [0.29, 0.717) is 11.4 Å². The lowest BCUT2D eigenvalue weighted by atomic mass is 10.1. The average molecular weight is 332 g/mol. The maximum atomic E-state index is 12.8. The minimum absolute atomic E-state index is 0.0216. The van der Waals surface area contributed by atoms with E-state index in [0.717, 1.165) is 0 Å². The number of fused-ring (bicyclic) bond motifs is 1. The molecule has 0 fully saturated rings. The van der Waals surface area contributed by atoms with E-state index in [4.69, 9.17) is 0 Å². The molecule has 0 radical (unpaired) electrons. The van der Waals surface area contributed by atoms with Crippen LogP contribution in [0.1, 0.15) is 20.8 Å². The lowest BCUT2D eigenvalue weighted by molar-refractivity contribution is -0.127. The zero-order valence-corrected chi connectivity index (χ0v) is 14.5. The molecule has 0 bridgehead atoms. The standard InChI is InChI=1S/C17H24N4O3/c1-11(2)18-15(22)9-20(4)12(3)17(24)21-10-16(23)19-13-7-5-6-8-14(13)21/h5-8,11-12H,9-10H2,1-4H3,(H,18,22)(H,19,23)/t12-/m0/s1. The van der Waals surface area contributed by atoms with Crippen LogP contribution in [0.15, 0.2) is 24.3 Å². The molecule has 0 saturated heterocycles. The van der Waals surface area contributed by atoms with Crippen molar-refractivity contribution in [2.75, 3.05) is 30.4 Å². The van der Waals surface area contributed by atoms with Gasteiger partial charge in [-0.3, -0.25) is 24.2 Å². The van der Waals surface area contributed by atoms with Crippen molar-refractivity contribution in [2.24, 2.45) is 0 Å². The molecule has 1 heterocycles. The summed E-state index contributed by atoms with van der Waals surface area (Å²) in [5.41, 5.74) is 1.29. The van der Waals surface area contributed by atoms with Crippen LogP contribution in [-0.4, -0.2) is 54.8 Å². The van der Waals surface area contributed by atoms with Gasteiger partial charge in [0.25, 0.3) is 0 Å². The van der Waals surface area contributed by atoms with Gasteiger partial charge in [0.2, 0.25) is 17.7 Å². The number of rotatable bonds is 5. The average Bonchev–Trinajstić information content (AvgIpc) is 2.51. The normalized spacial score (nSPS) is 15.1. The summed E-state index contributed by atoms with van der Waals surface area (Å²) in [5.74, 6) is -0.574. The van der Waals surface area contributed by atoms with Crippen molar-refractivity contribution in [1.29, 1.82) is 0 Å². The van der Waals surface area contributed by atoms with Crippen molar-refractivity contribution in [1.82, 2.24) is 10.2 Å². The van der Waals surface area contributed by atoms with Crippen LogP contribution in [-0.2, 0) is 14.4 Å². The Bertz CT molecular complexity index is 644. The van der Waals surface area contributed by atoms with Gasteiger partial charge in [-0.15, -0.1) is 0 Å². The molecule has 0 aromatic heterocycles. The molecule has 7 nitrogen and oxygen atoms in total. The number of hydrogen-bond acceptors (Lipinski definition) is 4. The number of likely N-dealkylation sites (N-methyl/N-ethyl adjacent to an activating group) is 1. The van der Waals surface area contributed by atoms with Crippen LogP contribution in [0.4, 0.5) is 11.4 Å². The molecule has 3 amide bonds. The van der Waals surface area contributed by atoms with Gasteiger partial charge in [-0.05, 0) is 40.0 Å². The summed E-state index contributed by atoms with van der Waals surface area (Å²) >= 11 is 0. The Hall–Kier alpha value is -2.41. The smallest absolute Gasteiger partial charge is 0.244 e.